The maximum absolute atomic E-state index is 10.3. The van der Waals surface area contributed by atoms with Crippen LogP contribution in [0.15, 0.2) is 0 Å². The molecule has 2 nitrogen and oxygen atoms in total. The van der Waals surface area contributed by atoms with Gasteiger partial charge in [-0.3, -0.25) is 0 Å². The van der Waals surface area contributed by atoms with E-state index in [-0.39, 0.29) is 0 Å². The van der Waals surface area contributed by atoms with Crippen LogP contribution in [0.2, 0.25) is 0 Å². The first-order valence-electron chi connectivity index (χ1n) is 2.76. The van der Waals surface area contributed by atoms with E-state index in [0.29, 0.717) is 17.6 Å². The van der Waals surface area contributed by atoms with Crippen LogP contribution < -0.4 is 0 Å². The Morgan fingerprint density at radius 1 is 1.78 bits per heavy atom. The quantitative estimate of drug-likeness (QED) is 0.479. The molecule has 0 saturated heterocycles. The molecular formula is C5H9ClO2S. The van der Waals surface area contributed by atoms with E-state index in [4.69, 9.17) is 10.7 Å². The van der Waals surface area contributed by atoms with Gasteiger partial charge in [0.05, 0.1) is 17.6 Å². The fourth-order valence-corrected chi connectivity index (χ4v) is 0.584. The maximum atomic E-state index is 10.3. The van der Waals surface area contributed by atoms with Gasteiger partial charge in [0.25, 0.3) is 0 Å². The van der Waals surface area contributed by atoms with Gasteiger partial charge in [0.2, 0.25) is 0 Å². The fraction of sp³-hybridized carbons (Fsp3) is 0.800. The molecule has 0 aromatic heterocycles. The largest absolute Gasteiger partial charge is 0.457 e. The smallest absolute Gasteiger partial charge is 0.382 e. The van der Waals surface area contributed by atoms with Gasteiger partial charge in [0.15, 0.2) is 0 Å². The number of hydrogen-bond donors (Lipinski definition) is 0. The predicted molar refractivity (Wildman–Crippen MR) is 39.7 cm³/mol. The average Bonchev–Trinajstić information content (AvgIpc) is 1.89. The van der Waals surface area contributed by atoms with Crippen LogP contribution in [0.5, 0.6) is 0 Å². The molecule has 0 aromatic carbocycles. The molecule has 54 valence electrons. The second-order valence-electron chi connectivity index (χ2n) is 1.53. The zero-order valence-corrected chi connectivity index (χ0v) is 6.80. The SMILES string of the molecule is CCCCOC(=O)SCl. The number of carbonyl (C=O) groups is 1. The second kappa shape index (κ2) is 6.23. The molecule has 0 unspecified atom stereocenters. The standard InChI is InChI=1S/C5H9ClO2S/c1-2-3-4-8-5(7)9-6/h2-4H2,1H3. The van der Waals surface area contributed by atoms with Gasteiger partial charge in [0.1, 0.15) is 0 Å². The van der Waals surface area contributed by atoms with E-state index in [1.807, 2.05) is 6.92 Å². The van der Waals surface area contributed by atoms with Crippen molar-refractivity contribution >= 4 is 27.0 Å². The molecule has 9 heavy (non-hydrogen) atoms. The number of hydrogen-bond acceptors (Lipinski definition) is 3. The summed E-state index contributed by atoms with van der Waals surface area (Å²) in [7, 11) is 5.66. The topological polar surface area (TPSA) is 26.3 Å². The first kappa shape index (κ1) is 9.11. The first-order valence-corrected chi connectivity index (χ1v) is 4.41. The molecule has 0 amide bonds. The van der Waals surface area contributed by atoms with E-state index in [1.54, 1.807) is 0 Å². The van der Waals surface area contributed by atoms with Crippen LogP contribution in [0.1, 0.15) is 19.8 Å². The Morgan fingerprint density at radius 3 is 2.89 bits per heavy atom. The van der Waals surface area contributed by atoms with Crippen molar-refractivity contribution < 1.29 is 9.53 Å². The molecule has 0 aromatic rings. The Kier molecular flexibility index (Phi) is 6.31. The minimum absolute atomic E-state index is 0.412. The van der Waals surface area contributed by atoms with Crippen molar-refractivity contribution in [3.63, 3.8) is 0 Å². The lowest BCUT2D eigenvalue weighted by atomic mass is 10.4. The molecule has 0 bridgehead atoms. The summed E-state index contributed by atoms with van der Waals surface area (Å²) in [5.41, 5.74) is 0. The van der Waals surface area contributed by atoms with Gasteiger partial charge in [-0.25, -0.2) is 4.79 Å². The average molecular weight is 169 g/mol. The van der Waals surface area contributed by atoms with Gasteiger partial charge < -0.3 is 4.74 Å². The Hall–Kier alpha value is 0.110. The number of carbonyl (C=O) groups excluding carboxylic acids is 1. The Labute approximate surface area is 63.4 Å². The molecule has 0 aliphatic heterocycles. The lowest BCUT2D eigenvalue weighted by Gasteiger charge is -1.97. The summed E-state index contributed by atoms with van der Waals surface area (Å²) in [6.07, 6.45) is 1.93. The number of unbranched alkanes of at least 4 members (excludes halogenated alkanes) is 1. The van der Waals surface area contributed by atoms with Gasteiger partial charge in [-0.05, 0) is 17.1 Å². The third kappa shape index (κ3) is 5.99. The molecule has 0 N–H and O–H groups in total. The van der Waals surface area contributed by atoms with Crippen LogP contribution in [-0.2, 0) is 4.74 Å². The Balaban J connectivity index is 2.97. The third-order valence-corrected chi connectivity index (χ3v) is 1.40. The van der Waals surface area contributed by atoms with E-state index < -0.39 is 5.30 Å². The van der Waals surface area contributed by atoms with E-state index in [2.05, 4.69) is 4.74 Å². The van der Waals surface area contributed by atoms with Gasteiger partial charge >= 0.3 is 5.30 Å². The zero-order chi connectivity index (χ0) is 7.11. The van der Waals surface area contributed by atoms with Crippen LogP contribution in [0.25, 0.3) is 0 Å². The van der Waals surface area contributed by atoms with Gasteiger partial charge in [-0.1, -0.05) is 13.3 Å². The number of halogens is 1. The monoisotopic (exact) mass is 168 g/mol. The Bertz CT molecular complexity index is 87.0. The number of ether oxygens (including phenoxy) is 1. The summed E-state index contributed by atoms with van der Waals surface area (Å²) >= 11 is 0. The highest BCUT2D eigenvalue weighted by molar-refractivity contribution is 8.32. The minimum atomic E-state index is -0.412. The van der Waals surface area contributed by atoms with Crippen LogP contribution >= 0.6 is 21.7 Å². The van der Waals surface area contributed by atoms with Gasteiger partial charge in [0, 0.05) is 0 Å². The van der Waals surface area contributed by atoms with E-state index in [0.717, 1.165) is 12.8 Å². The zero-order valence-electron chi connectivity index (χ0n) is 5.22. The molecule has 0 heterocycles. The van der Waals surface area contributed by atoms with Crippen LogP contribution in [0.4, 0.5) is 4.79 Å². The van der Waals surface area contributed by atoms with E-state index in [9.17, 15) is 4.79 Å². The highest BCUT2D eigenvalue weighted by Crippen LogP contribution is 2.09. The molecule has 0 aliphatic carbocycles. The van der Waals surface area contributed by atoms with Crippen molar-refractivity contribution in [2.75, 3.05) is 6.61 Å². The van der Waals surface area contributed by atoms with Crippen LogP contribution in [0, 0.1) is 0 Å². The fourth-order valence-electron chi connectivity index (χ4n) is 0.322. The van der Waals surface area contributed by atoms with Crippen molar-refractivity contribution in [2.45, 2.75) is 19.8 Å². The van der Waals surface area contributed by atoms with Gasteiger partial charge in [-0.2, -0.15) is 0 Å². The summed E-state index contributed by atoms with van der Waals surface area (Å²) in [6, 6.07) is 0. The normalized spacial score (nSPS) is 9.11. The number of rotatable bonds is 3. The summed E-state index contributed by atoms with van der Waals surface area (Å²) in [4.78, 5) is 10.3. The summed E-state index contributed by atoms with van der Waals surface area (Å²) in [6.45, 7) is 2.51. The highest BCUT2D eigenvalue weighted by Gasteiger charge is 1.97. The van der Waals surface area contributed by atoms with Crippen molar-refractivity contribution in [2.24, 2.45) is 0 Å². The van der Waals surface area contributed by atoms with Crippen molar-refractivity contribution in [3.05, 3.63) is 0 Å². The van der Waals surface area contributed by atoms with Crippen molar-refractivity contribution in [1.29, 1.82) is 0 Å². The molecule has 0 saturated carbocycles. The molecule has 0 fully saturated rings. The van der Waals surface area contributed by atoms with Gasteiger partial charge in [-0.15, -0.1) is 0 Å². The molecule has 0 atom stereocenters. The van der Waals surface area contributed by atoms with E-state index in [1.165, 1.54) is 0 Å². The molecule has 0 spiro atoms. The third-order valence-electron chi connectivity index (χ3n) is 0.781. The van der Waals surface area contributed by atoms with Crippen molar-refractivity contribution in [1.82, 2.24) is 0 Å². The van der Waals surface area contributed by atoms with Crippen molar-refractivity contribution in [3.8, 4) is 0 Å². The molecule has 4 heteroatoms. The maximum Gasteiger partial charge on any atom is 0.382 e. The summed E-state index contributed by atoms with van der Waals surface area (Å²) in [5.74, 6) is 0. The summed E-state index contributed by atoms with van der Waals surface area (Å²) < 4.78 is 4.62. The summed E-state index contributed by atoms with van der Waals surface area (Å²) in [5, 5.41) is -0.412. The van der Waals surface area contributed by atoms with E-state index >= 15 is 0 Å². The van der Waals surface area contributed by atoms with Crippen LogP contribution in [0.3, 0.4) is 0 Å². The molecule has 0 radical (unpaired) electrons. The first-order chi connectivity index (χ1) is 4.31. The molecule has 0 aliphatic rings. The predicted octanol–water partition coefficient (Wildman–Crippen LogP) is 2.81. The second-order valence-corrected chi connectivity index (χ2v) is 2.48. The lowest BCUT2D eigenvalue weighted by Crippen LogP contribution is -1.96. The molecule has 0 rings (SSSR count). The molecular weight excluding hydrogens is 160 g/mol. The Morgan fingerprint density at radius 2 is 2.44 bits per heavy atom. The highest BCUT2D eigenvalue weighted by atomic mass is 35.7. The minimum Gasteiger partial charge on any atom is -0.457 e. The lowest BCUT2D eigenvalue weighted by molar-refractivity contribution is 0.173. The van der Waals surface area contributed by atoms with Crippen LogP contribution in [-0.4, -0.2) is 11.9 Å².